The van der Waals surface area contributed by atoms with Crippen LogP contribution >= 0.6 is 0 Å². The topological polar surface area (TPSA) is 56.5 Å². The third-order valence-corrected chi connectivity index (χ3v) is 3.36. The van der Waals surface area contributed by atoms with Crippen LogP contribution in [0, 0.1) is 6.92 Å². The molecule has 1 heterocycles. The summed E-state index contributed by atoms with van der Waals surface area (Å²) in [6.07, 6.45) is 1.13. The number of halogens is 1. The molecule has 0 aliphatic heterocycles. The molecule has 0 fully saturated rings. The maximum Gasteiger partial charge on any atom is 0.336 e. The van der Waals surface area contributed by atoms with E-state index in [1.807, 2.05) is 6.92 Å². The third-order valence-electron chi connectivity index (χ3n) is 3.36. The first-order valence-corrected chi connectivity index (χ1v) is 7.30. The van der Waals surface area contributed by atoms with Crippen molar-refractivity contribution in [1.29, 1.82) is 0 Å². The van der Waals surface area contributed by atoms with Crippen LogP contribution in [0.2, 0.25) is 0 Å². The molecule has 0 saturated carbocycles. The average molecular weight is 340 g/mol. The molecule has 1 aromatic carbocycles. The molecule has 0 spiro atoms. The normalized spacial score (nSPS) is 11.1. The Balaban J connectivity index is 0.00000264. The molecular formula is C17H22ClNO4. The van der Waals surface area contributed by atoms with Gasteiger partial charge in [-0.15, -0.1) is 0 Å². The van der Waals surface area contributed by atoms with Crippen molar-refractivity contribution in [3.05, 3.63) is 40.2 Å². The van der Waals surface area contributed by atoms with Gasteiger partial charge in [-0.2, -0.15) is 0 Å². The van der Waals surface area contributed by atoms with Gasteiger partial charge in [-0.3, -0.25) is 4.79 Å². The number of benzene rings is 1. The van der Waals surface area contributed by atoms with Crippen molar-refractivity contribution in [1.82, 2.24) is 0 Å². The zero-order valence-corrected chi connectivity index (χ0v) is 14.6. The highest BCUT2D eigenvalue weighted by atomic mass is 35.5. The van der Waals surface area contributed by atoms with Crippen LogP contribution in [0.5, 0.6) is 5.75 Å². The molecule has 1 aromatic heterocycles. The minimum absolute atomic E-state index is 0. The number of fused-ring (bicyclic) bond motifs is 1. The van der Waals surface area contributed by atoms with Crippen molar-refractivity contribution in [3.63, 3.8) is 0 Å². The minimum Gasteiger partial charge on any atom is -1.00 e. The molecule has 23 heavy (non-hydrogen) atoms. The number of hydrogen-bond donors (Lipinski definition) is 0. The Hall–Kier alpha value is -1.85. The quantitative estimate of drug-likeness (QED) is 0.319. The molecule has 0 unspecified atom stereocenters. The molecule has 2 rings (SSSR count). The van der Waals surface area contributed by atoms with Crippen molar-refractivity contribution in [2.45, 2.75) is 19.8 Å². The second kappa shape index (κ2) is 7.62. The van der Waals surface area contributed by atoms with Gasteiger partial charge in [-0.25, -0.2) is 4.79 Å². The van der Waals surface area contributed by atoms with Crippen LogP contribution in [0.25, 0.3) is 11.0 Å². The van der Waals surface area contributed by atoms with Gasteiger partial charge in [-0.1, -0.05) is 0 Å². The fraction of sp³-hybridized carbons (Fsp3) is 0.412. The highest BCUT2D eigenvalue weighted by molar-refractivity contribution is 5.82. The Bertz CT molecular complexity index is 746. The number of carbonyl (C=O) groups excluding carboxylic acids is 1. The van der Waals surface area contributed by atoms with Crippen LogP contribution in [0.1, 0.15) is 18.4 Å². The fourth-order valence-electron chi connectivity index (χ4n) is 2.25. The predicted molar refractivity (Wildman–Crippen MR) is 85.0 cm³/mol. The van der Waals surface area contributed by atoms with Gasteiger partial charge in [0.25, 0.3) is 0 Å². The number of carbonyl (C=O) groups is 1. The molecule has 0 aliphatic carbocycles. The zero-order chi connectivity index (χ0) is 16.3. The van der Waals surface area contributed by atoms with E-state index in [1.165, 1.54) is 6.07 Å². The molecule has 0 bridgehead atoms. The summed E-state index contributed by atoms with van der Waals surface area (Å²) in [6, 6.07) is 6.54. The molecule has 5 nitrogen and oxygen atoms in total. The summed E-state index contributed by atoms with van der Waals surface area (Å²) in [4.78, 5) is 23.2. The molecule has 0 atom stereocenters. The van der Waals surface area contributed by atoms with Gasteiger partial charge < -0.3 is 26.0 Å². The Morgan fingerprint density at radius 2 is 1.91 bits per heavy atom. The van der Waals surface area contributed by atoms with Gasteiger partial charge in [-0.05, 0) is 24.6 Å². The molecule has 0 N–H and O–H groups in total. The van der Waals surface area contributed by atoms with Crippen LogP contribution in [-0.2, 0) is 4.79 Å². The molecule has 2 aromatic rings. The zero-order valence-electron chi connectivity index (χ0n) is 13.9. The first kappa shape index (κ1) is 19.2. The number of nitrogens with zero attached hydrogens (tertiary/aromatic N) is 1. The third kappa shape index (κ3) is 5.69. The lowest BCUT2D eigenvalue weighted by atomic mass is 10.1. The Morgan fingerprint density at radius 1 is 1.22 bits per heavy atom. The number of ether oxygens (including phenoxy) is 1. The summed E-state index contributed by atoms with van der Waals surface area (Å²) in [5.41, 5.74) is 0.866. The SMILES string of the molecule is Cc1cc(=O)oc2cc(OC(=O)CCC[N+](C)(C)C)ccc12.[Cl-]. The molecule has 126 valence electrons. The van der Waals surface area contributed by atoms with Gasteiger partial charge in [0.05, 0.1) is 34.1 Å². The summed E-state index contributed by atoms with van der Waals surface area (Å²) >= 11 is 0. The summed E-state index contributed by atoms with van der Waals surface area (Å²) in [6.45, 7) is 2.75. The van der Waals surface area contributed by atoms with Crippen molar-refractivity contribution in [2.24, 2.45) is 0 Å². The lowest BCUT2D eigenvalue weighted by molar-refractivity contribution is -0.870. The summed E-state index contributed by atoms with van der Waals surface area (Å²) < 4.78 is 11.3. The van der Waals surface area contributed by atoms with E-state index < -0.39 is 5.63 Å². The standard InChI is InChI=1S/C17H22NO4.ClH/c1-12-10-17(20)22-15-11-13(7-8-14(12)15)21-16(19)6-5-9-18(2,3)4;/h7-8,10-11H,5-6,9H2,1-4H3;1H/q+1;/p-1. The average Bonchev–Trinajstić information content (AvgIpc) is 2.36. The minimum atomic E-state index is -0.406. The lowest BCUT2D eigenvalue weighted by Crippen LogP contribution is -3.00. The van der Waals surface area contributed by atoms with Crippen molar-refractivity contribution in [3.8, 4) is 5.75 Å². The molecule has 6 heteroatoms. The van der Waals surface area contributed by atoms with Gasteiger partial charge in [0.2, 0.25) is 0 Å². The number of rotatable bonds is 5. The van der Waals surface area contributed by atoms with Gasteiger partial charge in [0, 0.05) is 23.9 Å². The molecule has 0 aliphatic rings. The maximum absolute atomic E-state index is 11.8. The van der Waals surface area contributed by atoms with Crippen LogP contribution in [0.4, 0.5) is 0 Å². The summed E-state index contributed by atoms with van der Waals surface area (Å²) in [5, 5.41) is 0.837. The first-order valence-electron chi connectivity index (χ1n) is 7.30. The van der Waals surface area contributed by atoms with Crippen molar-refractivity contribution >= 4 is 16.9 Å². The molecule has 0 saturated heterocycles. The molecule has 0 amide bonds. The molecule has 0 radical (unpaired) electrons. The van der Waals surface area contributed by atoms with Crippen molar-refractivity contribution < 1.29 is 30.8 Å². The van der Waals surface area contributed by atoms with Gasteiger partial charge in [0.1, 0.15) is 11.3 Å². The summed E-state index contributed by atoms with van der Waals surface area (Å²) in [5.74, 6) is 0.124. The van der Waals surface area contributed by atoms with Crippen LogP contribution in [-0.4, -0.2) is 38.1 Å². The van der Waals surface area contributed by atoms with Gasteiger partial charge >= 0.3 is 11.6 Å². The maximum atomic E-state index is 11.8. The monoisotopic (exact) mass is 339 g/mol. The van der Waals surface area contributed by atoms with E-state index >= 15 is 0 Å². The first-order chi connectivity index (χ1) is 10.2. The van der Waals surface area contributed by atoms with E-state index in [0.29, 0.717) is 17.8 Å². The number of quaternary nitrogens is 1. The van der Waals surface area contributed by atoms with Gasteiger partial charge in [0.15, 0.2) is 0 Å². The Labute approximate surface area is 141 Å². The number of hydrogen-bond acceptors (Lipinski definition) is 4. The van der Waals surface area contributed by atoms with E-state index in [9.17, 15) is 9.59 Å². The smallest absolute Gasteiger partial charge is 0.336 e. The van der Waals surface area contributed by atoms with Crippen LogP contribution < -0.4 is 22.8 Å². The Kier molecular flexibility index (Phi) is 6.36. The van der Waals surface area contributed by atoms with Crippen LogP contribution in [0.15, 0.2) is 33.5 Å². The lowest BCUT2D eigenvalue weighted by Gasteiger charge is -2.23. The van der Waals surface area contributed by atoms with E-state index in [0.717, 1.165) is 28.4 Å². The van der Waals surface area contributed by atoms with Crippen LogP contribution in [0.3, 0.4) is 0 Å². The van der Waals surface area contributed by atoms with E-state index in [-0.39, 0.29) is 18.4 Å². The largest absolute Gasteiger partial charge is 1.00 e. The number of aryl methyl sites for hydroxylation is 1. The number of esters is 1. The van der Waals surface area contributed by atoms with Crippen molar-refractivity contribution in [2.75, 3.05) is 27.7 Å². The second-order valence-corrected chi connectivity index (χ2v) is 6.50. The highest BCUT2D eigenvalue weighted by Gasteiger charge is 2.11. The fourth-order valence-corrected chi connectivity index (χ4v) is 2.25. The summed E-state index contributed by atoms with van der Waals surface area (Å²) in [7, 11) is 6.25. The molecular weight excluding hydrogens is 318 g/mol. The van der Waals surface area contributed by atoms with E-state index in [1.54, 1.807) is 18.2 Å². The van der Waals surface area contributed by atoms with E-state index in [4.69, 9.17) is 9.15 Å². The Morgan fingerprint density at radius 3 is 2.57 bits per heavy atom. The predicted octanol–water partition coefficient (Wildman–Crippen LogP) is -0.503. The van der Waals surface area contributed by atoms with E-state index in [2.05, 4.69) is 21.1 Å². The highest BCUT2D eigenvalue weighted by Crippen LogP contribution is 2.22. The second-order valence-electron chi connectivity index (χ2n) is 6.50.